The molecular formula is C20H18ClN5O3S. The van der Waals surface area contributed by atoms with Gasteiger partial charge >= 0.3 is 0 Å². The number of aromatic nitrogens is 4. The summed E-state index contributed by atoms with van der Waals surface area (Å²) in [5.41, 5.74) is 2.53. The van der Waals surface area contributed by atoms with Crippen molar-refractivity contribution in [3.05, 3.63) is 63.5 Å². The first-order chi connectivity index (χ1) is 14.5. The zero-order valence-corrected chi connectivity index (χ0v) is 17.9. The van der Waals surface area contributed by atoms with Crippen molar-refractivity contribution in [1.29, 1.82) is 0 Å². The van der Waals surface area contributed by atoms with Gasteiger partial charge in [-0.05, 0) is 43.7 Å². The van der Waals surface area contributed by atoms with Crippen molar-refractivity contribution in [2.24, 2.45) is 0 Å². The van der Waals surface area contributed by atoms with Gasteiger partial charge in [0.1, 0.15) is 0 Å². The van der Waals surface area contributed by atoms with Crippen LogP contribution in [-0.4, -0.2) is 24.7 Å². The molecule has 10 heteroatoms. The Balaban J connectivity index is 1.58. The van der Waals surface area contributed by atoms with E-state index in [1.807, 2.05) is 25.1 Å². The molecule has 0 radical (unpaired) electrons. The Labute approximate surface area is 181 Å². The number of halogens is 1. The lowest BCUT2D eigenvalue weighted by molar-refractivity contribution is -0.384. The minimum absolute atomic E-state index is 0.0114. The van der Waals surface area contributed by atoms with Gasteiger partial charge in [-0.25, -0.2) is 4.98 Å². The summed E-state index contributed by atoms with van der Waals surface area (Å²) in [4.78, 5) is 15.1. The quantitative estimate of drug-likeness (QED) is 0.199. The van der Waals surface area contributed by atoms with Gasteiger partial charge in [0.2, 0.25) is 11.8 Å². The van der Waals surface area contributed by atoms with E-state index in [2.05, 4.69) is 21.7 Å². The number of nitro groups is 1. The lowest BCUT2D eigenvalue weighted by atomic mass is 10.2. The summed E-state index contributed by atoms with van der Waals surface area (Å²) in [6.45, 7) is 4.93. The van der Waals surface area contributed by atoms with Crippen LogP contribution in [0.15, 0.2) is 52.0 Å². The highest BCUT2D eigenvalue weighted by Crippen LogP contribution is 2.37. The molecule has 0 amide bonds. The SMILES string of the molecule is CCCn1c(SC(C)c2nnc(-c3ccc([N+](=O)[O-])cc3)o2)nc2cc(Cl)ccc21. The predicted octanol–water partition coefficient (Wildman–Crippen LogP) is 5.91. The lowest BCUT2D eigenvalue weighted by Crippen LogP contribution is -2.00. The number of non-ortho nitro benzene ring substituents is 1. The molecule has 0 aliphatic heterocycles. The van der Waals surface area contributed by atoms with Crippen LogP contribution >= 0.6 is 23.4 Å². The number of thioether (sulfide) groups is 1. The number of nitrogens with zero attached hydrogens (tertiary/aromatic N) is 5. The van der Waals surface area contributed by atoms with Crippen LogP contribution in [-0.2, 0) is 6.54 Å². The van der Waals surface area contributed by atoms with Gasteiger partial charge in [-0.15, -0.1) is 10.2 Å². The molecule has 1 atom stereocenters. The van der Waals surface area contributed by atoms with Gasteiger partial charge in [-0.2, -0.15) is 0 Å². The summed E-state index contributed by atoms with van der Waals surface area (Å²) in [7, 11) is 0. The maximum Gasteiger partial charge on any atom is 0.269 e. The number of fused-ring (bicyclic) bond motifs is 1. The molecule has 2 heterocycles. The lowest BCUT2D eigenvalue weighted by Gasteiger charge is -2.09. The van der Waals surface area contributed by atoms with E-state index in [4.69, 9.17) is 21.0 Å². The fraction of sp³-hybridized carbons (Fsp3) is 0.250. The minimum atomic E-state index is -0.447. The fourth-order valence-electron chi connectivity index (χ4n) is 3.06. The van der Waals surface area contributed by atoms with Gasteiger partial charge < -0.3 is 8.98 Å². The zero-order valence-electron chi connectivity index (χ0n) is 16.3. The Hall–Kier alpha value is -2.91. The molecule has 1 unspecified atom stereocenters. The van der Waals surface area contributed by atoms with Crippen LogP contribution in [0.3, 0.4) is 0 Å². The van der Waals surface area contributed by atoms with Crippen molar-refractivity contribution in [3.63, 3.8) is 0 Å². The van der Waals surface area contributed by atoms with Crippen LogP contribution in [0.5, 0.6) is 0 Å². The molecule has 0 aliphatic rings. The topological polar surface area (TPSA) is 99.9 Å². The molecule has 2 aromatic heterocycles. The molecule has 154 valence electrons. The number of rotatable bonds is 7. The molecule has 4 aromatic rings. The first-order valence-electron chi connectivity index (χ1n) is 9.37. The molecule has 0 spiro atoms. The van der Waals surface area contributed by atoms with E-state index in [-0.39, 0.29) is 10.9 Å². The van der Waals surface area contributed by atoms with Crippen molar-refractivity contribution in [2.45, 2.75) is 37.2 Å². The molecular weight excluding hydrogens is 426 g/mol. The van der Waals surface area contributed by atoms with Crippen LogP contribution in [0.4, 0.5) is 5.69 Å². The first-order valence-corrected chi connectivity index (χ1v) is 10.6. The summed E-state index contributed by atoms with van der Waals surface area (Å²) in [5.74, 6) is 0.780. The smallest absolute Gasteiger partial charge is 0.269 e. The van der Waals surface area contributed by atoms with Crippen LogP contribution in [0.1, 0.15) is 31.4 Å². The van der Waals surface area contributed by atoms with Gasteiger partial charge in [-0.3, -0.25) is 10.1 Å². The summed E-state index contributed by atoms with van der Waals surface area (Å²) in [6.07, 6.45) is 0.973. The fourth-order valence-corrected chi connectivity index (χ4v) is 4.21. The van der Waals surface area contributed by atoms with Crippen LogP contribution in [0, 0.1) is 10.1 Å². The third kappa shape index (κ3) is 4.03. The van der Waals surface area contributed by atoms with E-state index >= 15 is 0 Å². The molecule has 0 saturated heterocycles. The normalized spacial score (nSPS) is 12.4. The maximum absolute atomic E-state index is 10.8. The van der Waals surface area contributed by atoms with E-state index < -0.39 is 4.92 Å². The van der Waals surface area contributed by atoms with E-state index in [0.29, 0.717) is 22.4 Å². The Morgan fingerprint density at radius 1 is 1.23 bits per heavy atom. The largest absolute Gasteiger partial charge is 0.419 e. The number of hydrogen-bond donors (Lipinski definition) is 0. The molecule has 0 N–H and O–H groups in total. The van der Waals surface area contributed by atoms with Gasteiger partial charge in [0.15, 0.2) is 5.16 Å². The van der Waals surface area contributed by atoms with Crippen molar-refractivity contribution >= 4 is 40.1 Å². The highest BCUT2D eigenvalue weighted by Gasteiger charge is 2.20. The van der Waals surface area contributed by atoms with Gasteiger partial charge in [0, 0.05) is 29.3 Å². The third-order valence-electron chi connectivity index (χ3n) is 4.52. The van der Waals surface area contributed by atoms with Crippen molar-refractivity contribution in [1.82, 2.24) is 19.7 Å². The van der Waals surface area contributed by atoms with Gasteiger partial charge in [0.05, 0.1) is 21.2 Å². The average molecular weight is 444 g/mol. The van der Waals surface area contributed by atoms with Gasteiger partial charge in [0.25, 0.3) is 5.69 Å². The minimum Gasteiger partial charge on any atom is -0.419 e. The maximum atomic E-state index is 10.8. The van der Waals surface area contributed by atoms with Crippen LogP contribution in [0.25, 0.3) is 22.5 Å². The van der Waals surface area contributed by atoms with Gasteiger partial charge in [-0.1, -0.05) is 30.3 Å². The van der Waals surface area contributed by atoms with Crippen molar-refractivity contribution < 1.29 is 9.34 Å². The Morgan fingerprint density at radius 2 is 2.00 bits per heavy atom. The summed E-state index contributed by atoms with van der Waals surface area (Å²) in [6, 6.07) is 11.7. The Kier molecular flexibility index (Phi) is 5.74. The van der Waals surface area contributed by atoms with Crippen molar-refractivity contribution in [3.8, 4) is 11.5 Å². The number of nitro benzene ring substituents is 1. The second kappa shape index (κ2) is 8.45. The highest BCUT2D eigenvalue weighted by atomic mass is 35.5. The zero-order chi connectivity index (χ0) is 21.3. The second-order valence-corrected chi connectivity index (χ2v) is 8.43. The standard InChI is InChI=1S/C20H18ClN5O3S/c1-3-10-25-17-9-6-14(21)11-16(17)22-20(25)30-12(2)18-23-24-19(29-18)13-4-7-15(8-5-13)26(27)28/h4-9,11-12H,3,10H2,1-2H3. The summed E-state index contributed by atoms with van der Waals surface area (Å²) < 4.78 is 7.99. The summed E-state index contributed by atoms with van der Waals surface area (Å²) >= 11 is 7.65. The van der Waals surface area contributed by atoms with Crippen molar-refractivity contribution in [2.75, 3.05) is 0 Å². The molecule has 2 aromatic carbocycles. The Morgan fingerprint density at radius 3 is 2.70 bits per heavy atom. The predicted molar refractivity (Wildman–Crippen MR) is 116 cm³/mol. The molecule has 30 heavy (non-hydrogen) atoms. The molecule has 8 nitrogen and oxygen atoms in total. The third-order valence-corrected chi connectivity index (χ3v) is 5.83. The van der Waals surface area contributed by atoms with Crippen LogP contribution in [0.2, 0.25) is 5.02 Å². The molecule has 0 saturated carbocycles. The van der Waals surface area contributed by atoms with E-state index in [0.717, 1.165) is 29.2 Å². The summed E-state index contributed by atoms with van der Waals surface area (Å²) in [5, 5.41) is 20.4. The molecule has 0 bridgehead atoms. The van der Waals surface area contributed by atoms with E-state index in [1.165, 1.54) is 23.9 Å². The Bertz CT molecular complexity index is 1210. The average Bonchev–Trinajstić information content (AvgIpc) is 3.34. The monoisotopic (exact) mass is 443 g/mol. The number of hydrogen-bond acceptors (Lipinski definition) is 7. The highest BCUT2D eigenvalue weighted by molar-refractivity contribution is 7.99. The van der Waals surface area contributed by atoms with E-state index in [1.54, 1.807) is 12.1 Å². The first kappa shape index (κ1) is 20.4. The number of aryl methyl sites for hydroxylation is 1. The van der Waals surface area contributed by atoms with E-state index in [9.17, 15) is 10.1 Å². The number of benzene rings is 2. The molecule has 4 rings (SSSR count). The molecule has 0 fully saturated rings. The number of imidazole rings is 1. The van der Waals surface area contributed by atoms with Crippen LogP contribution < -0.4 is 0 Å². The molecule has 0 aliphatic carbocycles. The second-order valence-electron chi connectivity index (χ2n) is 6.69.